The average Bonchev–Trinajstić information content (AvgIpc) is 3.04. The Morgan fingerprint density at radius 1 is 1.14 bits per heavy atom. The predicted octanol–water partition coefficient (Wildman–Crippen LogP) is 3.04. The molecule has 0 radical (unpaired) electrons. The lowest BCUT2D eigenvalue weighted by Crippen LogP contribution is -2.15. The van der Waals surface area contributed by atoms with Crippen molar-refractivity contribution in [1.82, 2.24) is 19.5 Å². The number of aromatic amines is 1. The predicted molar refractivity (Wildman–Crippen MR) is 112 cm³/mol. The van der Waals surface area contributed by atoms with Gasteiger partial charge in [-0.1, -0.05) is 28.1 Å². The van der Waals surface area contributed by atoms with Gasteiger partial charge in [0.2, 0.25) is 0 Å². The number of imidazole rings is 1. The smallest absolute Gasteiger partial charge is 0.332 e. The number of ether oxygens (including phenoxy) is 1. The maximum absolute atomic E-state index is 12.7. The molecule has 0 saturated carbocycles. The number of amides is 1. The van der Waals surface area contributed by atoms with Crippen molar-refractivity contribution in [1.29, 1.82) is 0 Å². The SMILES string of the molecule is CCOc1ccc(-n2c(=O)[nH]c3c(C(N)=O)nc(-c4ccc(Br)cc4)nc32)cc1. The molecule has 1 amide bonds. The van der Waals surface area contributed by atoms with E-state index in [1.807, 2.05) is 31.2 Å². The first-order valence-electron chi connectivity index (χ1n) is 8.79. The molecule has 4 aromatic rings. The van der Waals surface area contributed by atoms with Crippen molar-refractivity contribution in [3.8, 4) is 22.8 Å². The summed E-state index contributed by atoms with van der Waals surface area (Å²) in [7, 11) is 0. The molecule has 0 aliphatic rings. The molecule has 4 rings (SSSR count). The number of hydrogen-bond donors (Lipinski definition) is 2. The summed E-state index contributed by atoms with van der Waals surface area (Å²) in [6, 6.07) is 14.3. The second-order valence-corrected chi connectivity index (χ2v) is 7.07. The normalized spacial score (nSPS) is 11.0. The summed E-state index contributed by atoms with van der Waals surface area (Å²) >= 11 is 3.38. The fourth-order valence-electron chi connectivity index (χ4n) is 2.99. The third kappa shape index (κ3) is 3.52. The van der Waals surface area contributed by atoms with Crippen LogP contribution >= 0.6 is 15.9 Å². The molecule has 0 unspecified atom stereocenters. The van der Waals surface area contributed by atoms with Crippen molar-refractivity contribution in [3.05, 3.63) is 69.2 Å². The number of nitrogens with one attached hydrogen (secondary N) is 1. The van der Waals surface area contributed by atoms with Gasteiger partial charge in [0, 0.05) is 10.0 Å². The first-order chi connectivity index (χ1) is 14.0. The number of fused-ring (bicyclic) bond motifs is 1. The molecule has 2 heterocycles. The minimum Gasteiger partial charge on any atom is -0.494 e. The number of nitrogens with two attached hydrogens (primary N) is 1. The standard InChI is InChI=1S/C20H16BrN5O3/c1-2-29-14-9-7-13(8-10-14)26-19-16(24-20(26)28)15(17(22)27)23-18(25-19)11-3-5-12(21)6-4-11/h3-10H,2H2,1H3,(H2,22,27)(H,24,28). The highest BCUT2D eigenvalue weighted by molar-refractivity contribution is 9.10. The van der Waals surface area contributed by atoms with Crippen LogP contribution in [-0.4, -0.2) is 32.0 Å². The number of H-pyrrole nitrogens is 1. The summed E-state index contributed by atoms with van der Waals surface area (Å²) in [5.41, 5.74) is 6.73. The second-order valence-electron chi connectivity index (χ2n) is 6.16. The van der Waals surface area contributed by atoms with E-state index in [0.29, 0.717) is 23.6 Å². The topological polar surface area (TPSA) is 116 Å². The Hall–Kier alpha value is -3.46. The minimum atomic E-state index is -0.754. The van der Waals surface area contributed by atoms with Crippen molar-refractivity contribution in [2.24, 2.45) is 5.73 Å². The van der Waals surface area contributed by atoms with Gasteiger partial charge in [0.1, 0.15) is 11.3 Å². The molecule has 3 N–H and O–H groups in total. The van der Waals surface area contributed by atoms with E-state index in [1.54, 1.807) is 24.3 Å². The monoisotopic (exact) mass is 453 g/mol. The zero-order valence-electron chi connectivity index (χ0n) is 15.3. The number of aromatic nitrogens is 4. The molecule has 0 spiro atoms. The average molecular weight is 454 g/mol. The summed E-state index contributed by atoms with van der Waals surface area (Å²) in [4.78, 5) is 36.1. The maximum Gasteiger partial charge on any atom is 0.332 e. The van der Waals surface area contributed by atoms with Crippen molar-refractivity contribution in [3.63, 3.8) is 0 Å². The summed E-state index contributed by atoms with van der Waals surface area (Å²) < 4.78 is 7.72. The zero-order valence-corrected chi connectivity index (χ0v) is 16.9. The number of halogens is 1. The molecule has 2 aromatic heterocycles. The van der Waals surface area contributed by atoms with Crippen LogP contribution < -0.4 is 16.2 Å². The van der Waals surface area contributed by atoms with Crippen LogP contribution in [0.25, 0.3) is 28.2 Å². The Balaban J connectivity index is 1.95. The molecule has 0 aliphatic heterocycles. The van der Waals surface area contributed by atoms with Crippen LogP contribution in [-0.2, 0) is 0 Å². The summed E-state index contributed by atoms with van der Waals surface area (Å²) in [5, 5.41) is 0. The van der Waals surface area contributed by atoms with E-state index in [2.05, 4.69) is 30.9 Å². The maximum atomic E-state index is 12.7. The number of benzene rings is 2. The molecule has 29 heavy (non-hydrogen) atoms. The Kier molecular flexibility index (Phi) is 4.89. The van der Waals surface area contributed by atoms with Gasteiger partial charge in [-0.15, -0.1) is 0 Å². The number of primary amides is 1. The number of rotatable bonds is 5. The Bertz CT molecular complexity index is 1260. The van der Waals surface area contributed by atoms with Gasteiger partial charge < -0.3 is 15.5 Å². The van der Waals surface area contributed by atoms with Gasteiger partial charge in [-0.25, -0.2) is 19.3 Å². The van der Waals surface area contributed by atoms with Crippen LogP contribution in [0.2, 0.25) is 0 Å². The van der Waals surface area contributed by atoms with Gasteiger partial charge >= 0.3 is 5.69 Å². The van der Waals surface area contributed by atoms with Gasteiger partial charge in [-0.3, -0.25) is 4.79 Å². The summed E-state index contributed by atoms with van der Waals surface area (Å²) in [5.74, 6) is 0.223. The molecule has 0 saturated heterocycles. The highest BCUT2D eigenvalue weighted by Gasteiger charge is 2.20. The molecule has 9 heteroatoms. The molecule has 0 fully saturated rings. The Morgan fingerprint density at radius 2 is 1.83 bits per heavy atom. The lowest BCUT2D eigenvalue weighted by atomic mass is 10.2. The third-order valence-corrected chi connectivity index (χ3v) is 4.81. The molecule has 0 bridgehead atoms. The molecule has 0 atom stereocenters. The van der Waals surface area contributed by atoms with E-state index in [4.69, 9.17) is 10.5 Å². The van der Waals surface area contributed by atoms with Crippen LogP contribution in [0.1, 0.15) is 17.4 Å². The fourth-order valence-corrected chi connectivity index (χ4v) is 3.25. The molecular formula is C20H16BrN5O3. The zero-order chi connectivity index (χ0) is 20.5. The number of hydrogen-bond acceptors (Lipinski definition) is 5. The van der Waals surface area contributed by atoms with Gasteiger partial charge in [-0.2, -0.15) is 0 Å². The summed E-state index contributed by atoms with van der Waals surface area (Å²) in [6.45, 7) is 2.43. The van der Waals surface area contributed by atoms with E-state index in [9.17, 15) is 9.59 Å². The van der Waals surface area contributed by atoms with Gasteiger partial charge in [0.25, 0.3) is 5.91 Å². The van der Waals surface area contributed by atoms with Gasteiger partial charge in [0.15, 0.2) is 17.2 Å². The first-order valence-corrected chi connectivity index (χ1v) is 9.59. The number of carbonyl (C=O) groups is 1. The Morgan fingerprint density at radius 3 is 2.45 bits per heavy atom. The van der Waals surface area contributed by atoms with E-state index in [0.717, 1.165) is 4.47 Å². The van der Waals surface area contributed by atoms with Crippen molar-refractivity contribution in [2.75, 3.05) is 6.61 Å². The van der Waals surface area contributed by atoms with Gasteiger partial charge in [0.05, 0.1) is 12.3 Å². The quantitative estimate of drug-likeness (QED) is 0.481. The van der Waals surface area contributed by atoms with Crippen molar-refractivity contribution >= 4 is 33.0 Å². The minimum absolute atomic E-state index is 0.0466. The second kappa shape index (κ2) is 7.51. The van der Waals surface area contributed by atoms with Crippen molar-refractivity contribution < 1.29 is 9.53 Å². The van der Waals surface area contributed by atoms with E-state index < -0.39 is 11.6 Å². The molecule has 8 nitrogen and oxygen atoms in total. The molecule has 0 aliphatic carbocycles. The van der Waals surface area contributed by atoms with E-state index >= 15 is 0 Å². The number of carbonyl (C=O) groups excluding carboxylic acids is 1. The Labute approximate surface area is 173 Å². The van der Waals surface area contributed by atoms with E-state index in [-0.39, 0.29) is 22.7 Å². The van der Waals surface area contributed by atoms with Crippen molar-refractivity contribution in [2.45, 2.75) is 6.92 Å². The summed E-state index contributed by atoms with van der Waals surface area (Å²) in [6.07, 6.45) is 0. The van der Waals surface area contributed by atoms with Crippen LogP contribution in [0, 0.1) is 0 Å². The van der Waals surface area contributed by atoms with Crippen LogP contribution in [0.3, 0.4) is 0 Å². The molecular weight excluding hydrogens is 438 g/mol. The lowest BCUT2D eigenvalue weighted by Gasteiger charge is -2.08. The third-order valence-electron chi connectivity index (χ3n) is 4.28. The largest absolute Gasteiger partial charge is 0.494 e. The first kappa shape index (κ1) is 18.9. The van der Waals surface area contributed by atoms with Gasteiger partial charge in [-0.05, 0) is 43.3 Å². The van der Waals surface area contributed by atoms with E-state index in [1.165, 1.54) is 4.57 Å². The van der Waals surface area contributed by atoms with Crippen LogP contribution in [0.15, 0.2) is 57.8 Å². The molecule has 146 valence electrons. The highest BCUT2D eigenvalue weighted by Crippen LogP contribution is 2.24. The van der Waals surface area contributed by atoms with Crippen LogP contribution in [0.5, 0.6) is 5.75 Å². The fraction of sp³-hybridized carbons (Fsp3) is 0.100. The van der Waals surface area contributed by atoms with Crippen LogP contribution in [0.4, 0.5) is 0 Å². The number of nitrogens with zero attached hydrogens (tertiary/aromatic N) is 3. The molecule has 2 aromatic carbocycles. The lowest BCUT2D eigenvalue weighted by molar-refractivity contribution is 0.0997. The highest BCUT2D eigenvalue weighted by atomic mass is 79.9.